The van der Waals surface area contributed by atoms with E-state index in [-0.39, 0.29) is 10.5 Å². The van der Waals surface area contributed by atoms with Crippen molar-refractivity contribution in [2.24, 2.45) is 0 Å². The van der Waals surface area contributed by atoms with E-state index >= 15 is 0 Å². The normalized spacial score (nSPS) is 10.9. The Labute approximate surface area is 79.6 Å². The molecule has 0 unspecified atom stereocenters. The van der Waals surface area contributed by atoms with E-state index in [1.807, 2.05) is 0 Å². The first-order chi connectivity index (χ1) is 5.70. The Morgan fingerprint density at radius 3 is 2.83 bits per heavy atom. The Balaban J connectivity index is 2.97. The van der Waals surface area contributed by atoms with Crippen LogP contribution in [-0.4, -0.2) is 10.3 Å². The van der Waals surface area contributed by atoms with Gasteiger partial charge >= 0.3 is 0 Å². The first-order valence-corrected chi connectivity index (χ1v) is 4.13. The average molecular weight is 251 g/mol. The van der Waals surface area contributed by atoms with E-state index in [0.717, 1.165) is 0 Å². The third kappa shape index (κ3) is 1.01. The number of nitrogens with zero attached hydrogens (tertiary/aromatic N) is 2. The molecule has 2 aromatic rings. The van der Waals surface area contributed by atoms with Crippen LogP contribution in [0.3, 0.4) is 0 Å². The van der Waals surface area contributed by atoms with E-state index in [2.05, 4.69) is 30.9 Å². The van der Waals surface area contributed by atoms with Gasteiger partial charge in [0.25, 0.3) is 0 Å². The monoisotopic (exact) mass is 250 g/mol. The highest BCUT2D eigenvalue weighted by Gasteiger charge is 2.13. The summed E-state index contributed by atoms with van der Waals surface area (Å²) in [6.07, 6.45) is 0. The van der Waals surface area contributed by atoms with Crippen LogP contribution in [0.25, 0.3) is 11.0 Å². The second-order valence-electron chi connectivity index (χ2n) is 2.12. The van der Waals surface area contributed by atoms with Gasteiger partial charge in [0.15, 0.2) is 11.0 Å². The molecule has 0 N–H and O–H groups in total. The number of hydrogen-bond donors (Lipinski definition) is 0. The van der Waals surface area contributed by atoms with Crippen LogP contribution in [0.5, 0.6) is 0 Å². The van der Waals surface area contributed by atoms with Gasteiger partial charge in [0.1, 0.15) is 10.8 Å². The molecule has 2 rings (SSSR count). The molecule has 12 heavy (non-hydrogen) atoms. The zero-order valence-corrected chi connectivity index (χ0v) is 7.86. The van der Waals surface area contributed by atoms with Crippen LogP contribution in [0.1, 0.15) is 0 Å². The molecule has 1 aromatic carbocycles. The van der Waals surface area contributed by atoms with Crippen molar-refractivity contribution in [3.63, 3.8) is 0 Å². The lowest BCUT2D eigenvalue weighted by Gasteiger charge is -1.93. The fraction of sp³-hybridized carbons (Fsp3) is 0. The van der Waals surface area contributed by atoms with Gasteiger partial charge in [0.05, 0.1) is 4.47 Å². The Bertz CT molecular complexity index is 444. The van der Waals surface area contributed by atoms with E-state index in [1.165, 1.54) is 6.07 Å². The number of hydrogen-bond acceptors (Lipinski definition) is 3. The Morgan fingerprint density at radius 2 is 2.08 bits per heavy atom. The van der Waals surface area contributed by atoms with Gasteiger partial charge in [0, 0.05) is 0 Å². The number of benzene rings is 1. The summed E-state index contributed by atoms with van der Waals surface area (Å²) in [4.78, 5) is 0. The minimum Gasteiger partial charge on any atom is -0.243 e. The molecule has 0 saturated carbocycles. The summed E-state index contributed by atoms with van der Waals surface area (Å²) in [6, 6.07) is 1.22. The van der Waals surface area contributed by atoms with Crippen LogP contribution in [0.15, 0.2) is 15.2 Å². The molecule has 0 amide bonds. The molecule has 1 aromatic heterocycles. The molecule has 0 aliphatic heterocycles. The second kappa shape index (κ2) is 2.67. The molecule has 0 aliphatic rings. The standard InChI is InChI=1S/C6HBrClFN2O/c7-2-1-3(9)4(8)6-5(2)10-12-11-6/h1H. The van der Waals surface area contributed by atoms with E-state index < -0.39 is 5.82 Å². The maximum atomic E-state index is 12.9. The Hall–Kier alpha value is -0.680. The van der Waals surface area contributed by atoms with Gasteiger partial charge < -0.3 is 0 Å². The van der Waals surface area contributed by atoms with Crippen LogP contribution in [0.4, 0.5) is 4.39 Å². The molecule has 1 heterocycles. The van der Waals surface area contributed by atoms with Crippen molar-refractivity contribution in [1.29, 1.82) is 0 Å². The molecule has 0 radical (unpaired) electrons. The van der Waals surface area contributed by atoms with Crippen molar-refractivity contribution in [1.82, 2.24) is 10.3 Å². The number of fused-ring (bicyclic) bond motifs is 1. The predicted molar refractivity (Wildman–Crippen MR) is 44.5 cm³/mol. The van der Waals surface area contributed by atoms with Gasteiger partial charge in [-0.25, -0.2) is 9.02 Å². The van der Waals surface area contributed by atoms with Crippen molar-refractivity contribution in [2.75, 3.05) is 0 Å². The molecule has 0 atom stereocenters. The topological polar surface area (TPSA) is 38.9 Å². The van der Waals surface area contributed by atoms with E-state index in [9.17, 15) is 4.39 Å². The van der Waals surface area contributed by atoms with Crippen molar-refractivity contribution < 1.29 is 9.02 Å². The highest BCUT2D eigenvalue weighted by Crippen LogP contribution is 2.29. The summed E-state index contributed by atoms with van der Waals surface area (Å²) in [7, 11) is 0. The lowest BCUT2D eigenvalue weighted by molar-refractivity contribution is 0.315. The fourth-order valence-corrected chi connectivity index (χ4v) is 1.49. The summed E-state index contributed by atoms with van der Waals surface area (Å²) in [5.41, 5.74) is 0.643. The first-order valence-electron chi connectivity index (χ1n) is 2.96. The average Bonchev–Trinajstić information content (AvgIpc) is 2.48. The van der Waals surface area contributed by atoms with Crippen molar-refractivity contribution in [2.45, 2.75) is 0 Å². The highest BCUT2D eigenvalue weighted by atomic mass is 79.9. The fourth-order valence-electron chi connectivity index (χ4n) is 0.845. The molecule has 0 fully saturated rings. The summed E-state index contributed by atoms with van der Waals surface area (Å²) < 4.78 is 17.8. The van der Waals surface area contributed by atoms with E-state index in [0.29, 0.717) is 9.99 Å². The van der Waals surface area contributed by atoms with Gasteiger partial charge in [-0.3, -0.25) is 0 Å². The zero-order chi connectivity index (χ0) is 8.72. The minimum absolute atomic E-state index is 0.0746. The maximum Gasteiger partial charge on any atom is 0.157 e. The van der Waals surface area contributed by atoms with Gasteiger partial charge in [-0.05, 0) is 32.3 Å². The highest BCUT2D eigenvalue weighted by molar-refractivity contribution is 9.10. The predicted octanol–water partition coefficient (Wildman–Crippen LogP) is 2.78. The number of aromatic nitrogens is 2. The third-order valence-corrected chi connectivity index (χ3v) is 2.35. The molecule has 3 nitrogen and oxygen atoms in total. The van der Waals surface area contributed by atoms with Crippen molar-refractivity contribution in [3.05, 3.63) is 21.4 Å². The molecule has 0 aliphatic carbocycles. The molecule has 62 valence electrons. The molecule has 6 heteroatoms. The summed E-state index contributed by atoms with van der Waals surface area (Å²) in [5, 5.41) is 6.91. The van der Waals surface area contributed by atoms with E-state index in [4.69, 9.17) is 11.6 Å². The van der Waals surface area contributed by atoms with Crippen LogP contribution in [0.2, 0.25) is 5.02 Å². The van der Waals surface area contributed by atoms with Crippen molar-refractivity contribution in [3.8, 4) is 0 Å². The van der Waals surface area contributed by atoms with Crippen molar-refractivity contribution >= 4 is 38.6 Å². The zero-order valence-electron chi connectivity index (χ0n) is 5.51. The lowest BCUT2D eigenvalue weighted by Crippen LogP contribution is -1.80. The molecular weight excluding hydrogens is 250 g/mol. The number of halogens is 3. The molecule has 0 saturated heterocycles. The SMILES string of the molecule is Fc1cc(Br)c2nonc2c1Cl. The smallest absolute Gasteiger partial charge is 0.157 e. The van der Waals surface area contributed by atoms with E-state index in [1.54, 1.807) is 0 Å². The Morgan fingerprint density at radius 1 is 1.42 bits per heavy atom. The largest absolute Gasteiger partial charge is 0.243 e. The summed E-state index contributed by atoms with van der Waals surface area (Å²) >= 11 is 8.68. The van der Waals surface area contributed by atoms with Gasteiger partial charge in [-0.2, -0.15) is 0 Å². The molecule has 0 spiro atoms. The third-order valence-electron chi connectivity index (χ3n) is 1.39. The van der Waals surface area contributed by atoms with Crippen LogP contribution >= 0.6 is 27.5 Å². The quantitative estimate of drug-likeness (QED) is 0.676. The molecule has 0 bridgehead atoms. The van der Waals surface area contributed by atoms with Gasteiger partial charge in [0.2, 0.25) is 0 Å². The Kier molecular flexibility index (Phi) is 1.77. The summed E-state index contributed by atoms with van der Waals surface area (Å²) in [6.45, 7) is 0. The van der Waals surface area contributed by atoms with Gasteiger partial charge in [-0.15, -0.1) is 0 Å². The summed E-state index contributed by atoms with van der Waals surface area (Å²) in [5.74, 6) is -0.549. The minimum atomic E-state index is -0.549. The maximum absolute atomic E-state index is 12.9. The van der Waals surface area contributed by atoms with Gasteiger partial charge in [-0.1, -0.05) is 11.6 Å². The number of rotatable bonds is 0. The van der Waals surface area contributed by atoms with Crippen LogP contribution < -0.4 is 0 Å². The van der Waals surface area contributed by atoms with Crippen LogP contribution in [0, 0.1) is 5.82 Å². The molecular formula is C6HBrClFN2O. The second-order valence-corrected chi connectivity index (χ2v) is 3.35. The first kappa shape index (κ1) is 7.94. The van der Waals surface area contributed by atoms with Crippen LogP contribution in [-0.2, 0) is 0 Å². The lowest BCUT2D eigenvalue weighted by atomic mass is 10.3.